The van der Waals surface area contributed by atoms with Crippen LogP contribution in [-0.2, 0) is 11.8 Å². The molecule has 0 bridgehead atoms. The first-order chi connectivity index (χ1) is 12.0. The summed E-state index contributed by atoms with van der Waals surface area (Å²) in [5.41, 5.74) is 2.16. The number of nitrogens with zero attached hydrogens (tertiary/aromatic N) is 4. The second-order valence-electron chi connectivity index (χ2n) is 6.64. The van der Waals surface area contributed by atoms with Gasteiger partial charge in [0.15, 0.2) is 11.0 Å². The monoisotopic (exact) mass is 359 g/mol. The van der Waals surface area contributed by atoms with Gasteiger partial charge in [-0.3, -0.25) is 4.79 Å². The second-order valence-corrected chi connectivity index (χ2v) is 7.59. The first-order valence-corrected chi connectivity index (χ1v) is 9.62. The van der Waals surface area contributed by atoms with Crippen LogP contribution in [0.1, 0.15) is 25.7 Å². The third-order valence-electron chi connectivity index (χ3n) is 4.53. The maximum Gasteiger partial charge on any atom is 0.230 e. The standard InChI is InChI=1S/C18H25N5OS/c1-22(2)15-10-8-13(9-11-15)17-20-21-18(23(17)3)25-12-16(24)19-14-6-4-5-7-14/h8-11,14H,4-7,12H2,1-3H3,(H,19,24). The molecule has 25 heavy (non-hydrogen) atoms. The Morgan fingerprint density at radius 1 is 1.24 bits per heavy atom. The van der Waals surface area contributed by atoms with Crippen molar-refractivity contribution in [3.8, 4) is 11.4 Å². The van der Waals surface area contributed by atoms with E-state index in [1.54, 1.807) is 0 Å². The maximum absolute atomic E-state index is 12.1. The van der Waals surface area contributed by atoms with Crippen LogP contribution in [0.4, 0.5) is 5.69 Å². The van der Waals surface area contributed by atoms with Crippen molar-refractivity contribution in [3.05, 3.63) is 24.3 Å². The van der Waals surface area contributed by atoms with Crippen molar-refractivity contribution >= 4 is 23.4 Å². The van der Waals surface area contributed by atoms with Gasteiger partial charge in [0.05, 0.1) is 5.75 Å². The van der Waals surface area contributed by atoms with Crippen LogP contribution in [0.3, 0.4) is 0 Å². The van der Waals surface area contributed by atoms with Gasteiger partial charge in [-0.2, -0.15) is 0 Å². The summed E-state index contributed by atoms with van der Waals surface area (Å²) in [7, 11) is 5.97. The van der Waals surface area contributed by atoms with E-state index in [9.17, 15) is 4.79 Å². The third kappa shape index (κ3) is 4.34. The number of hydrogen-bond acceptors (Lipinski definition) is 5. The van der Waals surface area contributed by atoms with Gasteiger partial charge in [0.25, 0.3) is 0 Å². The number of rotatable bonds is 6. The van der Waals surface area contributed by atoms with Crippen molar-refractivity contribution < 1.29 is 4.79 Å². The van der Waals surface area contributed by atoms with Gasteiger partial charge in [0.1, 0.15) is 0 Å². The highest BCUT2D eigenvalue weighted by molar-refractivity contribution is 7.99. The summed E-state index contributed by atoms with van der Waals surface area (Å²) >= 11 is 1.43. The fourth-order valence-electron chi connectivity index (χ4n) is 3.07. The zero-order valence-corrected chi connectivity index (χ0v) is 15.8. The number of amides is 1. The number of anilines is 1. The highest BCUT2D eigenvalue weighted by Crippen LogP contribution is 2.24. The van der Waals surface area contributed by atoms with Crippen LogP contribution < -0.4 is 10.2 Å². The van der Waals surface area contributed by atoms with Crippen LogP contribution in [-0.4, -0.2) is 46.6 Å². The first kappa shape index (κ1) is 17.8. The van der Waals surface area contributed by atoms with Gasteiger partial charge in [-0.25, -0.2) is 0 Å². The van der Waals surface area contributed by atoms with E-state index in [1.165, 1.54) is 24.6 Å². The smallest absolute Gasteiger partial charge is 0.230 e. The summed E-state index contributed by atoms with van der Waals surface area (Å²) < 4.78 is 1.94. The molecule has 7 heteroatoms. The molecule has 6 nitrogen and oxygen atoms in total. The first-order valence-electron chi connectivity index (χ1n) is 8.64. The van der Waals surface area contributed by atoms with Gasteiger partial charge >= 0.3 is 0 Å². The molecule has 0 unspecified atom stereocenters. The molecule has 0 radical (unpaired) electrons. The average Bonchev–Trinajstić information content (AvgIpc) is 3.23. The number of carbonyl (C=O) groups is 1. The molecule has 1 N–H and O–H groups in total. The molecule has 1 fully saturated rings. The molecule has 1 aromatic carbocycles. The lowest BCUT2D eigenvalue weighted by Crippen LogP contribution is -2.33. The molecular weight excluding hydrogens is 334 g/mol. The SMILES string of the molecule is CN(C)c1ccc(-c2nnc(SCC(=O)NC3CCCC3)n2C)cc1. The summed E-state index contributed by atoms with van der Waals surface area (Å²) in [6.07, 6.45) is 4.65. The van der Waals surface area contributed by atoms with E-state index < -0.39 is 0 Å². The fraction of sp³-hybridized carbons (Fsp3) is 0.500. The highest BCUT2D eigenvalue weighted by Gasteiger charge is 2.18. The fourth-order valence-corrected chi connectivity index (χ4v) is 3.79. The van der Waals surface area contributed by atoms with Crippen LogP contribution in [0, 0.1) is 0 Å². The van der Waals surface area contributed by atoms with Crippen LogP contribution >= 0.6 is 11.8 Å². The van der Waals surface area contributed by atoms with E-state index in [0.29, 0.717) is 11.8 Å². The van der Waals surface area contributed by atoms with Crippen molar-refractivity contribution in [3.63, 3.8) is 0 Å². The van der Waals surface area contributed by atoms with Gasteiger partial charge in [-0.15, -0.1) is 10.2 Å². The van der Waals surface area contributed by atoms with E-state index in [2.05, 4.69) is 32.5 Å². The van der Waals surface area contributed by atoms with Crippen molar-refractivity contribution in [2.45, 2.75) is 36.9 Å². The Balaban J connectivity index is 1.61. The number of nitrogens with one attached hydrogen (secondary N) is 1. The summed E-state index contributed by atoms with van der Waals surface area (Å²) in [6.45, 7) is 0. The molecule has 0 aliphatic heterocycles. The molecule has 0 saturated heterocycles. The molecule has 2 aromatic rings. The molecule has 1 aliphatic rings. The Bertz CT molecular complexity index is 720. The zero-order valence-electron chi connectivity index (χ0n) is 15.0. The van der Waals surface area contributed by atoms with Crippen LogP contribution in [0.15, 0.2) is 29.4 Å². The number of benzene rings is 1. The Morgan fingerprint density at radius 3 is 2.56 bits per heavy atom. The Morgan fingerprint density at radius 2 is 1.92 bits per heavy atom. The molecule has 3 rings (SSSR count). The molecular formula is C18H25N5OS. The van der Waals surface area contributed by atoms with E-state index >= 15 is 0 Å². The second kappa shape index (κ2) is 7.91. The molecule has 1 amide bonds. The largest absolute Gasteiger partial charge is 0.378 e. The van der Waals surface area contributed by atoms with Gasteiger partial charge in [-0.1, -0.05) is 24.6 Å². The van der Waals surface area contributed by atoms with Gasteiger partial charge in [0.2, 0.25) is 5.91 Å². The number of thioether (sulfide) groups is 1. The van der Waals surface area contributed by atoms with Crippen LogP contribution in [0.25, 0.3) is 11.4 Å². The van der Waals surface area contributed by atoms with E-state index in [4.69, 9.17) is 0 Å². The molecule has 1 aromatic heterocycles. The number of carbonyl (C=O) groups excluding carboxylic acids is 1. The predicted molar refractivity (Wildman–Crippen MR) is 102 cm³/mol. The minimum atomic E-state index is 0.0804. The molecule has 1 saturated carbocycles. The highest BCUT2D eigenvalue weighted by atomic mass is 32.2. The number of aromatic nitrogens is 3. The summed E-state index contributed by atoms with van der Waals surface area (Å²) in [4.78, 5) is 14.1. The van der Waals surface area contributed by atoms with Crippen molar-refractivity contribution in [2.24, 2.45) is 7.05 Å². The summed E-state index contributed by atoms with van der Waals surface area (Å²) in [5, 5.41) is 12.4. The lowest BCUT2D eigenvalue weighted by molar-refractivity contribution is -0.119. The van der Waals surface area contributed by atoms with Gasteiger partial charge < -0.3 is 14.8 Å². The lowest BCUT2D eigenvalue weighted by atomic mass is 10.2. The third-order valence-corrected chi connectivity index (χ3v) is 5.55. The van der Waals surface area contributed by atoms with E-state index in [-0.39, 0.29) is 5.91 Å². The average molecular weight is 359 g/mol. The molecule has 1 heterocycles. The minimum absolute atomic E-state index is 0.0804. The number of hydrogen-bond donors (Lipinski definition) is 1. The van der Waals surface area contributed by atoms with Crippen molar-refractivity contribution in [1.29, 1.82) is 0 Å². The zero-order chi connectivity index (χ0) is 17.8. The van der Waals surface area contributed by atoms with Gasteiger partial charge in [0, 0.05) is 38.4 Å². The normalized spacial score (nSPS) is 14.7. The maximum atomic E-state index is 12.1. The summed E-state index contributed by atoms with van der Waals surface area (Å²) in [6, 6.07) is 8.57. The Labute approximate surface area is 153 Å². The summed E-state index contributed by atoms with van der Waals surface area (Å²) in [5.74, 6) is 1.27. The van der Waals surface area contributed by atoms with Crippen LogP contribution in [0.2, 0.25) is 0 Å². The van der Waals surface area contributed by atoms with E-state index in [1.807, 2.05) is 37.8 Å². The quantitative estimate of drug-likeness (QED) is 0.804. The lowest BCUT2D eigenvalue weighted by Gasteiger charge is -2.12. The minimum Gasteiger partial charge on any atom is -0.378 e. The Hall–Kier alpha value is -2.02. The molecule has 1 aliphatic carbocycles. The topological polar surface area (TPSA) is 63.1 Å². The molecule has 134 valence electrons. The van der Waals surface area contributed by atoms with Crippen LogP contribution in [0.5, 0.6) is 0 Å². The molecule has 0 spiro atoms. The van der Waals surface area contributed by atoms with E-state index in [0.717, 1.165) is 35.1 Å². The predicted octanol–water partition coefficient (Wildman–Crippen LogP) is 2.70. The van der Waals surface area contributed by atoms with Crippen molar-refractivity contribution in [1.82, 2.24) is 20.1 Å². The Kier molecular flexibility index (Phi) is 5.63. The molecule has 0 atom stereocenters. The van der Waals surface area contributed by atoms with Gasteiger partial charge in [-0.05, 0) is 37.1 Å². The van der Waals surface area contributed by atoms with Crippen molar-refractivity contribution in [2.75, 3.05) is 24.7 Å².